The molecule has 0 spiro atoms. The van der Waals surface area contributed by atoms with Crippen LogP contribution in [0.3, 0.4) is 0 Å². The van der Waals surface area contributed by atoms with Gasteiger partial charge in [0.2, 0.25) is 6.79 Å². The number of ketones is 1. The number of benzene rings is 2. The predicted octanol–water partition coefficient (Wildman–Crippen LogP) is 3.11. The van der Waals surface area contributed by atoms with Gasteiger partial charge in [0.25, 0.3) is 0 Å². The van der Waals surface area contributed by atoms with E-state index in [4.69, 9.17) is 28.4 Å². The summed E-state index contributed by atoms with van der Waals surface area (Å²) in [4.78, 5) is 26.4. The van der Waals surface area contributed by atoms with E-state index in [0.29, 0.717) is 45.4 Å². The zero-order valence-corrected chi connectivity index (χ0v) is 17.4. The van der Waals surface area contributed by atoms with Crippen molar-refractivity contribution < 1.29 is 38.0 Å². The van der Waals surface area contributed by atoms with Gasteiger partial charge in [-0.05, 0) is 17.7 Å². The average molecular weight is 426 g/mol. The van der Waals surface area contributed by atoms with Crippen LogP contribution in [0.1, 0.15) is 27.4 Å². The van der Waals surface area contributed by atoms with E-state index >= 15 is 0 Å². The Balaban J connectivity index is 1.94. The van der Waals surface area contributed by atoms with Gasteiger partial charge in [0.1, 0.15) is 29.8 Å². The molecule has 0 amide bonds. The molecule has 8 heteroatoms. The molecule has 2 aliphatic rings. The first kappa shape index (κ1) is 20.6. The highest BCUT2D eigenvalue weighted by molar-refractivity contribution is 6.14. The van der Waals surface area contributed by atoms with Gasteiger partial charge in [0.15, 0.2) is 17.3 Å². The van der Waals surface area contributed by atoms with Crippen LogP contribution in [0.5, 0.6) is 28.7 Å². The van der Waals surface area contributed by atoms with E-state index in [0.717, 1.165) is 0 Å². The molecule has 2 atom stereocenters. The Labute approximate surface area is 179 Å². The predicted molar refractivity (Wildman–Crippen MR) is 109 cm³/mol. The first-order valence-electron chi connectivity index (χ1n) is 9.59. The van der Waals surface area contributed by atoms with E-state index in [2.05, 4.69) is 6.58 Å². The van der Waals surface area contributed by atoms with Crippen LogP contribution < -0.4 is 23.7 Å². The number of esters is 1. The molecular weight excluding hydrogens is 404 g/mol. The van der Waals surface area contributed by atoms with E-state index < -0.39 is 17.8 Å². The van der Waals surface area contributed by atoms with Crippen LogP contribution in [-0.4, -0.2) is 46.5 Å². The minimum atomic E-state index is -1.13. The molecule has 0 N–H and O–H groups in total. The summed E-state index contributed by atoms with van der Waals surface area (Å²) in [5.41, 5.74) is 1.52. The Morgan fingerprint density at radius 2 is 1.71 bits per heavy atom. The Morgan fingerprint density at radius 1 is 1.06 bits per heavy atom. The topological polar surface area (TPSA) is 89.5 Å². The fourth-order valence-electron chi connectivity index (χ4n) is 4.06. The number of fused-ring (bicyclic) bond motifs is 2. The quantitative estimate of drug-likeness (QED) is 0.379. The lowest BCUT2D eigenvalue weighted by molar-refractivity contribution is -0.145. The van der Waals surface area contributed by atoms with Crippen LogP contribution >= 0.6 is 0 Å². The lowest BCUT2D eigenvalue weighted by atomic mass is 9.84. The Kier molecular flexibility index (Phi) is 5.46. The van der Waals surface area contributed by atoms with Crippen molar-refractivity contribution in [1.82, 2.24) is 0 Å². The molecule has 0 fully saturated rings. The van der Waals surface area contributed by atoms with Gasteiger partial charge in [-0.2, -0.15) is 0 Å². The van der Waals surface area contributed by atoms with Crippen LogP contribution in [0, 0.1) is 5.92 Å². The van der Waals surface area contributed by atoms with E-state index in [-0.39, 0.29) is 19.2 Å². The highest BCUT2D eigenvalue weighted by atomic mass is 16.7. The van der Waals surface area contributed by atoms with Gasteiger partial charge in [-0.3, -0.25) is 9.59 Å². The molecule has 2 aromatic carbocycles. The normalized spacial score (nSPS) is 18.4. The minimum absolute atomic E-state index is 0.00865. The van der Waals surface area contributed by atoms with Gasteiger partial charge >= 0.3 is 5.97 Å². The van der Waals surface area contributed by atoms with Gasteiger partial charge < -0.3 is 28.4 Å². The molecule has 0 radical (unpaired) electrons. The highest BCUT2D eigenvalue weighted by Crippen LogP contribution is 2.53. The standard InChI is InChI=1S/C23H22O8/c1-5-6-29-23(25)21-19(20-17(27-3)7-12(26-2)8-18(20)28-4)13-9-15-16(31-11-30-15)10-14(13)22(21)24/h5,7-10,19,21H,1,6,11H2,2-4H3/t19-,21-/m1/s1. The van der Waals surface area contributed by atoms with Gasteiger partial charge in [-0.25, -0.2) is 0 Å². The molecule has 0 bridgehead atoms. The number of methoxy groups -OCH3 is 3. The molecule has 0 saturated heterocycles. The first-order valence-corrected chi connectivity index (χ1v) is 9.59. The number of carbonyl (C=O) groups is 2. The first-order chi connectivity index (χ1) is 15.0. The van der Waals surface area contributed by atoms with Crippen LogP contribution in [-0.2, 0) is 9.53 Å². The van der Waals surface area contributed by atoms with Gasteiger partial charge in [-0.15, -0.1) is 0 Å². The van der Waals surface area contributed by atoms with E-state index in [1.54, 1.807) is 24.3 Å². The summed E-state index contributed by atoms with van der Waals surface area (Å²) in [5.74, 6) is -0.567. The van der Waals surface area contributed by atoms with Crippen LogP contribution in [0.4, 0.5) is 0 Å². The summed E-state index contributed by atoms with van der Waals surface area (Å²) in [7, 11) is 4.53. The second kappa shape index (κ2) is 8.22. The number of rotatable bonds is 7. The summed E-state index contributed by atoms with van der Waals surface area (Å²) in [5, 5.41) is 0. The smallest absolute Gasteiger partial charge is 0.318 e. The summed E-state index contributed by atoms with van der Waals surface area (Å²) >= 11 is 0. The molecule has 2 aromatic rings. The van der Waals surface area contributed by atoms with Crippen LogP contribution in [0.2, 0.25) is 0 Å². The highest BCUT2D eigenvalue weighted by Gasteiger charge is 2.49. The van der Waals surface area contributed by atoms with Crippen molar-refractivity contribution in [3.63, 3.8) is 0 Å². The lowest BCUT2D eigenvalue weighted by Gasteiger charge is -2.23. The fraction of sp³-hybridized carbons (Fsp3) is 0.304. The van der Waals surface area contributed by atoms with Crippen molar-refractivity contribution in [2.75, 3.05) is 34.7 Å². The zero-order valence-electron chi connectivity index (χ0n) is 17.4. The maximum absolute atomic E-state index is 13.4. The minimum Gasteiger partial charge on any atom is -0.496 e. The van der Waals surface area contributed by atoms with Crippen molar-refractivity contribution in [3.05, 3.63) is 53.6 Å². The van der Waals surface area contributed by atoms with Crippen molar-refractivity contribution in [3.8, 4) is 28.7 Å². The van der Waals surface area contributed by atoms with Crippen molar-refractivity contribution in [2.24, 2.45) is 5.92 Å². The van der Waals surface area contributed by atoms with Crippen molar-refractivity contribution >= 4 is 11.8 Å². The third-order valence-corrected chi connectivity index (χ3v) is 5.42. The van der Waals surface area contributed by atoms with E-state index in [1.165, 1.54) is 27.4 Å². The second-order valence-electron chi connectivity index (χ2n) is 6.98. The van der Waals surface area contributed by atoms with Gasteiger partial charge in [0.05, 0.1) is 21.3 Å². The summed E-state index contributed by atoms with van der Waals surface area (Å²) in [6, 6.07) is 6.69. The second-order valence-corrected chi connectivity index (χ2v) is 6.98. The van der Waals surface area contributed by atoms with Crippen molar-refractivity contribution in [2.45, 2.75) is 5.92 Å². The number of hydrogen-bond acceptors (Lipinski definition) is 8. The SMILES string of the molecule is C=CCOC(=O)[C@H]1C(=O)c2cc3c(cc2[C@@H]1c1c(OC)cc(OC)cc1OC)OCO3. The molecule has 162 valence electrons. The third-order valence-electron chi connectivity index (χ3n) is 5.42. The Bertz CT molecular complexity index is 1030. The molecule has 0 saturated carbocycles. The molecule has 1 heterocycles. The molecule has 0 unspecified atom stereocenters. The molecule has 4 rings (SSSR count). The maximum atomic E-state index is 13.4. The van der Waals surface area contributed by atoms with Crippen molar-refractivity contribution in [1.29, 1.82) is 0 Å². The average Bonchev–Trinajstić information content (AvgIpc) is 3.36. The molecule has 1 aliphatic heterocycles. The lowest BCUT2D eigenvalue weighted by Crippen LogP contribution is -2.27. The monoisotopic (exact) mass is 426 g/mol. The summed E-state index contributed by atoms with van der Waals surface area (Å²) in [6.45, 7) is 3.62. The van der Waals surface area contributed by atoms with Gasteiger partial charge in [-0.1, -0.05) is 12.7 Å². The number of Topliss-reactive ketones (excluding diaryl/α,β-unsaturated/α-hetero) is 1. The number of ether oxygens (including phenoxy) is 6. The maximum Gasteiger partial charge on any atom is 0.318 e. The fourth-order valence-corrected chi connectivity index (χ4v) is 4.06. The molecule has 0 aromatic heterocycles. The summed E-state index contributed by atoms with van der Waals surface area (Å²) < 4.78 is 32.7. The Hall–Kier alpha value is -3.68. The van der Waals surface area contributed by atoms with Gasteiger partial charge in [0, 0.05) is 29.2 Å². The van der Waals surface area contributed by atoms with E-state index in [9.17, 15) is 9.59 Å². The molecule has 1 aliphatic carbocycles. The third kappa shape index (κ3) is 3.34. The van der Waals surface area contributed by atoms with Crippen LogP contribution in [0.15, 0.2) is 36.9 Å². The molecule has 8 nitrogen and oxygen atoms in total. The van der Waals surface area contributed by atoms with Crippen LogP contribution in [0.25, 0.3) is 0 Å². The largest absolute Gasteiger partial charge is 0.496 e. The number of carbonyl (C=O) groups excluding carboxylic acids is 2. The molecule has 31 heavy (non-hydrogen) atoms. The molecular formula is C23H22O8. The zero-order chi connectivity index (χ0) is 22.1. The van der Waals surface area contributed by atoms with E-state index in [1.807, 2.05) is 0 Å². The Morgan fingerprint density at radius 3 is 2.29 bits per heavy atom. The number of hydrogen-bond donors (Lipinski definition) is 0. The summed E-state index contributed by atoms with van der Waals surface area (Å²) in [6.07, 6.45) is 1.45.